The largest absolute Gasteiger partial charge is 0.273 e. The number of hydrazone groups is 1. The highest BCUT2D eigenvalue weighted by Gasteiger charge is 1.99. The fraction of sp³-hybridized carbons (Fsp3) is 0.545. The highest BCUT2D eigenvalue weighted by Crippen LogP contribution is 2.10. The molecule has 0 saturated carbocycles. The molecule has 0 aromatic heterocycles. The van der Waals surface area contributed by atoms with Crippen LogP contribution in [0.4, 0.5) is 0 Å². The van der Waals surface area contributed by atoms with Crippen molar-refractivity contribution in [2.45, 2.75) is 78.1 Å². The van der Waals surface area contributed by atoms with Crippen molar-refractivity contribution in [3.63, 3.8) is 0 Å². The summed E-state index contributed by atoms with van der Waals surface area (Å²) >= 11 is 0. The Labute approximate surface area is 153 Å². The first-order chi connectivity index (χ1) is 12.2. The summed E-state index contributed by atoms with van der Waals surface area (Å²) in [4.78, 5) is 11.7. The second-order valence-electron chi connectivity index (χ2n) is 6.67. The molecule has 3 nitrogen and oxygen atoms in total. The van der Waals surface area contributed by atoms with Crippen LogP contribution in [0.25, 0.3) is 6.08 Å². The number of carbonyl (C=O) groups is 1. The van der Waals surface area contributed by atoms with Gasteiger partial charge in [-0.25, -0.2) is 5.43 Å². The normalized spacial score (nSPS) is 11.8. The van der Waals surface area contributed by atoms with E-state index in [2.05, 4.69) is 17.5 Å². The number of hydrogen-bond donors (Lipinski definition) is 1. The maximum absolute atomic E-state index is 11.7. The molecular formula is C22H34N2O. The van der Waals surface area contributed by atoms with E-state index in [4.69, 9.17) is 0 Å². The number of unbranched alkanes of at least 4 members (excludes halogenated alkanes) is 8. The van der Waals surface area contributed by atoms with E-state index in [0.29, 0.717) is 6.42 Å². The summed E-state index contributed by atoms with van der Waals surface area (Å²) in [5.74, 6) is 0.00621. The van der Waals surface area contributed by atoms with Gasteiger partial charge in [0, 0.05) is 6.42 Å². The van der Waals surface area contributed by atoms with E-state index < -0.39 is 0 Å². The zero-order valence-corrected chi connectivity index (χ0v) is 16.0. The second-order valence-corrected chi connectivity index (χ2v) is 6.67. The average molecular weight is 343 g/mol. The van der Waals surface area contributed by atoms with Gasteiger partial charge in [-0.3, -0.25) is 4.79 Å². The summed E-state index contributed by atoms with van der Waals surface area (Å²) < 4.78 is 0. The molecule has 1 N–H and O–H groups in total. The van der Waals surface area contributed by atoms with E-state index in [1.165, 1.54) is 44.9 Å². The number of benzene rings is 1. The van der Waals surface area contributed by atoms with Crippen LogP contribution in [0.3, 0.4) is 0 Å². The van der Waals surface area contributed by atoms with Crippen LogP contribution in [-0.4, -0.2) is 12.1 Å². The lowest BCUT2D eigenvalue weighted by molar-refractivity contribution is -0.121. The molecule has 1 amide bonds. The minimum atomic E-state index is 0.00621. The molecule has 25 heavy (non-hydrogen) atoms. The fourth-order valence-corrected chi connectivity index (χ4v) is 2.71. The van der Waals surface area contributed by atoms with Crippen LogP contribution in [0.2, 0.25) is 0 Å². The maximum atomic E-state index is 11.7. The zero-order chi connectivity index (χ0) is 18.2. The molecule has 0 bridgehead atoms. The zero-order valence-electron chi connectivity index (χ0n) is 16.0. The number of nitrogens with one attached hydrogen (secondary N) is 1. The molecule has 0 saturated heterocycles. The predicted molar refractivity (Wildman–Crippen MR) is 109 cm³/mol. The quantitative estimate of drug-likeness (QED) is 0.262. The van der Waals surface area contributed by atoms with E-state index in [0.717, 1.165) is 24.0 Å². The van der Waals surface area contributed by atoms with Gasteiger partial charge in [0.1, 0.15) is 0 Å². The lowest BCUT2D eigenvalue weighted by Gasteiger charge is -2.02. The van der Waals surface area contributed by atoms with Gasteiger partial charge in [-0.15, -0.1) is 0 Å². The van der Waals surface area contributed by atoms with E-state index in [1.54, 1.807) is 6.21 Å². The molecule has 0 aliphatic heterocycles. The third kappa shape index (κ3) is 12.2. The van der Waals surface area contributed by atoms with Crippen molar-refractivity contribution in [2.24, 2.45) is 5.10 Å². The third-order valence-electron chi connectivity index (χ3n) is 4.16. The molecule has 0 aliphatic rings. The van der Waals surface area contributed by atoms with Gasteiger partial charge < -0.3 is 0 Å². The van der Waals surface area contributed by atoms with Crippen molar-refractivity contribution in [3.8, 4) is 0 Å². The van der Waals surface area contributed by atoms with Gasteiger partial charge >= 0.3 is 0 Å². The van der Waals surface area contributed by atoms with E-state index in [1.807, 2.05) is 43.3 Å². The van der Waals surface area contributed by atoms with Crippen LogP contribution in [0.5, 0.6) is 0 Å². The molecule has 1 rings (SSSR count). The van der Waals surface area contributed by atoms with E-state index in [-0.39, 0.29) is 5.91 Å². The van der Waals surface area contributed by atoms with Crippen LogP contribution in [-0.2, 0) is 4.79 Å². The summed E-state index contributed by atoms with van der Waals surface area (Å²) in [6.45, 7) is 4.22. The summed E-state index contributed by atoms with van der Waals surface area (Å²) in [5, 5.41) is 4.03. The molecular weight excluding hydrogens is 308 g/mol. The molecule has 0 fully saturated rings. The minimum Gasteiger partial charge on any atom is -0.273 e. The Bertz CT molecular complexity index is 520. The number of hydrogen-bond acceptors (Lipinski definition) is 2. The Kier molecular flexibility index (Phi) is 12.2. The summed E-state index contributed by atoms with van der Waals surface area (Å²) in [6, 6.07) is 10.1. The molecule has 0 radical (unpaired) electrons. The van der Waals surface area contributed by atoms with Gasteiger partial charge in [-0.1, -0.05) is 94.7 Å². The van der Waals surface area contributed by atoms with Gasteiger partial charge in [0.15, 0.2) is 0 Å². The molecule has 138 valence electrons. The molecule has 0 heterocycles. The van der Waals surface area contributed by atoms with Gasteiger partial charge in [-0.05, 0) is 24.5 Å². The topological polar surface area (TPSA) is 41.5 Å². The average Bonchev–Trinajstić information content (AvgIpc) is 2.61. The fourth-order valence-electron chi connectivity index (χ4n) is 2.71. The molecule has 1 aromatic rings. The summed E-state index contributed by atoms with van der Waals surface area (Å²) in [7, 11) is 0. The minimum absolute atomic E-state index is 0.00621. The van der Waals surface area contributed by atoms with Gasteiger partial charge in [0.2, 0.25) is 5.91 Å². The molecule has 1 aromatic carbocycles. The van der Waals surface area contributed by atoms with Crippen molar-refractivity contribution < 1.29 is 4.79 Å². The lowest BCUT2D eigenvalue weighted by Crippen LogP contribution is -2.16. The number of nitrogens with zero attached hydrogens (tertiary/aromatic N) is 1. The number of amides is 1. The standard InChI is InChI=1S/C22H34N2O/c1-3-4-5-6-7-8-9-10-14-17-22(25)24-23-19-20(2)18-21-15-12-11-13-16-21/h11-13,15-16,18-19H,3-10,14,17H2,1-2H3,(H,24,25)/b20-18-,23-19+. The Morgan fingerprint density at radius 3 is 2.20 bits per heavy atom. The SMILES string of the molecule is CCCCCCCCCCCC(=O)N/N=C/C(C)=C\c1ccccc1. The van der Waals surface area contributed by atoms with Crippen molar-refractivity contribution in [1.29, 1.82) is 0 Å². The second kappa shape index (κ2) is 14.4. The van der Waals surface area contributed by atoms with Crippen LogP contribution < -0.4 is 5.43 Å². The summed E-state index contributed by atoms with van der Waals surface area (Å²) in [6.07, 6.45) is 15.7. The van der Waals surface area contributed by atoms with E-state index >= 15 is 0 Å². The highest BCUT2D eigenvalue weighted by molar-refractivity contribution is 5.86. The smallest absolute Gasteiger partial charge is 0.240 e. The number of rotatable bonds is 13. The van der Waals surface area contributed by atoms with Crippen molar-refractivity contribution in [3.05, 3.63) is 41.5 Å². The van der Waals surface area contributed by atoms with Gasteiger partial charge in [-0.2, -0.15) is 5.10 Å². The Morgan fingerprint density at radius 1 is 0.960 bits per heavy atom. The molecule has 0 spiro atoms. The van der Waals surface area contributed by atoms with Crippen molar-refractivity contribution in [2.75, 3.05) is 0 Å². The Balaban J connectivity index is 2.06. The van der Waals surface area contributed by atoms with Crippen LogP contribution in [0, 0.1) is 0 Å². The third-order valence-corrected chi connectivity index (χ3v) is 4.16. The van der Waals surface area contributed by atoms with Gasteiger partial charge in [0.25, 0.3) is 0 Å². The van der Waals surface area contributed by atoms with Crippen molar-refractivity contribution in [1.82, 2.24) is 5.43 Å². The van der Waals surface area contributed by atoms with Crippen LogP contribution in [0.15, 0.2) is 41.0 Å². The highest BCUT2D eigenvalue weighted by atomic mass is 16.2. The first kappa shape index (κ1) is 21.1. The number of carbonyl (C=O) groups excluding carboxylic acids is 1. The van der Waals surface area contributed by atoms with Crippen LogP contribution in [0.1, 0.15) is 83.6 Å². The van der Waals surface area contributed by atoms with E-state index in [9.17, 15) is 4.79 Å². The first-order valence-electron chi connectivity index (χ1n) is 9.77. The summed E-state index contributed by atoms with van der Waals surface area (Å²) in [5.41, 5.74) is 4.76. The molecule has 0 atom stereocenters. The predicted octanol–water partition coefficient (Wildman–Crippen LogP) is 6.11. The molecule has 3 heteroatoms. The van der Waals surface area contributed by atoms with Crippen molar-refractivity contribution >= 4 is 18.2 Å². The Hall–Kier alpha value is -1.90. The monoisotopic (exact) mass is 342 g/mol. The molecule has 0 unspecified atom stereocenters. The van der Waals surface area contributed by atoms with Crippen LogP contribution >= 0.6 is 0 Å². The van der Waals surface area contributed by atoms with Gasteiger partial charge in [0.05, 0.1) is 6.21 Å². The first-order valence-corrected chi connectivity index (χ1v) is 9.77. The maximum Gasteiger partial charge on any atom is 0.240 e. The Morgan fingerprint density at radius 2 is 1.56 bits per heavy atom. The molecule has 0 aliphatic carbocycles. The number of allylic oxidation sites excluding steroid dienone is 1. The lowest BCUT2D eigenvalue weighted by atomic mass is 10.1.